The number of nitrogens with zero attached hydrogens (tertiary/aromatic N) is 1. The molecule has 0 amide bonds. The predicted molar refractivity (Wildman–Crippen MR) is 59.7 cm³/mol. The second-order valence-electron chi connectivity index (χ2n) is 3.13. The fourth-order valence-electron chi connectivity index (χ4n) is 1.33. The molecule has 0 aliphatic heterocycles. The molecule has 0 atom stereocenters. The van der Waals surface area contributed by atoms with E-state index >= 15 is 0 Å². The first-order valence-electron chi connectivity index (χ1n) is 4.65. The van der Waals surface area contributed by atoms with Gasteiger partial charge >= 0.3 is 0 Å². The molecular weight excluding hydrogens is 212 g/mol. The van der Waals surface area contributed by atoms with Crippen LogP contribution in [0.5, 0.6) is 0 Å². The molecule has 0 aliphatic carbocycles. The second-order valence-corrected chi connectivity index (χ2v) is 3.54. The number of rotatable bonds is 3. The van der Waals surface area contributed by atoms with Crippen LogP contribution >= 0.6 is 11.6 Å². The third-order valence-electron chi connectivity index (χ3n) is 2.02. The summed E-state index contributed by atoms with van der Waals surface area (Å²) in [6, 6.07) is 7.54. The summed E-state index contributed by atoms with van der Waals surface area (Å²) in [6.07, 6.45) is 1.69. The van der Waals surface area contributed by atoms with Crippen molar-refractivity contribution in [1.29, 1.82) is 0 Å². The molecule has 1 aromatic heterocycles. The molecule has 0 aliphatic rings. The molecule has 0 fully saturated rings. The molecule has 3 nitrogen and oxygen atoms in total. The van der Waals surface area contributed by atoms with Gasteiger partial charge in [-0.2, -0.15) is 0 Å². The normalized spacial score (nSPS) is 10.5. The van der Waals surface area contributed by atoms with Gasteiger partial charge in [-0.05, 0) is 19.2 Å². The summed E-state index contributed by atoms with van der Waals surface area (Å²) in [5.41, 5.74) is 0.869. The first kappa shape index (κ1) is 10.2. The largest absolute Gasteiger partial charge is 0.439 e. The van der Waals surface area contributed by atoms with E-state index in [1.54, 1.807) is 6.20 Å². The Hall–Kier alpha value is -1.32. The summed E-state index contributed by atoms with van der Waals surface area (Å²) >= 11 is 6.04. The van der Waals surface area contributed by atoms with Crippen LogP contribution in [0, 0.1) is 0 Å². The van der Waals surface area contributed by atoms with E-state index in [-0.39, 0.29) is 0 Å². The van der Waals surface area contributed by atoms with E-state index < -0.39 is 0 Å². The quantitative estimate of drug-likeness (QED) is 0.868. The van der Waals surface area contributed by atoms with Gasteiger partial charge in [0.05, 0.1) is 17.8 Å². The Labute approximate surface area is 93.1 Å². The van der Waals surface area contributed by atoms with Gasteiger partial charge < -0.3 is 9.73 Å². The monoisotopic (exact) mass is 222 g/mol. The minimum Gasteiger partial charge on any atom is -0.439 e. The lowest BCUT2D eigenvalue weighted by molar-refractivity contribution is 0.491. The predicted octanol–water partition coefficient (Wildman–Crippen LogP) is 2.71. The summed E-state index contributed by atoms with van der Waals surface area (Å²) in [4.78, 5) is 4.14. The Kier molecular flexibility index (Phi) is 3.04. The first-order valence-corrected chi connectivity index (χ1v) is 5.03. The van der Waals surface area contributed by atoms with Gasteiger partial charge in [0.25, 0.3) is 0 Å². The van der Waals surface area contributed by atoms with Crippen molar-refractivity contribution in [2.45, 2.75) is 6.54 Å². The highest BCUT2D eigenvalue weighted by Gasteiger charge is 2.08. The van der Waals surface area contributed by atoms with Gasteiger partial charge in [-0.15, -0.1) is 0 Å². The van der Waals surface area contributed by atoms with Gasteiger partial charge in [-0.1, -0.05) is 23.7 Å². The van der Waals surface area contributed by atoms with Crippen LogP contribution in [0.15, 0.2) is 34.9 Å². The van der Waals surface area contributed by atoms with Gasteiger partial charge in [-0.3, -0.25) is 0 Å². The lowest BCUT2D eigenvalue weighted by Crippen LogP contribution is -2.04. The maximum Gasteiger partial charge on any atom is 0.208 e. The summed E-state index contributed by atoms with van der Waals surface area (Å²) in [6.45, 7) is 0.616. The number of oxazole rings is 1. The second kappa shape index (κ2) is 4.47. The standard InChI is InChI=1S/C11H11ClN2O/c1-13-7-11-14-6-10(15-11)8-4-2-3-5-9(8)12/h2-6,13H,7H2,1H3. The van der Waals surface area contributed by atoms with Crippen LogP contribution < -0.4 is 5.32 Å². The van der Waals surface area contributed by atoms with Gasteiger partial charge in [0.15, 0.2) is 5.76 Å². The molecule has 1 aromatic carbocycles. The van der Waals surface area contributed by atoms with Crippen LogP contribution in [-0.2, 0) is 6.54 Å². The topological polar surface area (TPSA) is 38.1 Å². The Morgan fingerprint density at radius 1 is 1.40 bits per heavy atom. The maximum absolute atomic E-state index is 6.04. The van der Waals surface area contributed by atoms with Gasteiger partial charge in [0.2, 0.25) is 5.89 Å². The average molecular weight is 223 g/mol. The van der Waals surface area contributed by atoms with E-state index in [9.17, 15) is 0 Å². The number of nitrogens with one attached hydrogen (secondary N) is 1. The van der Waals surface area contributed by atoms with E-state index in [2.05, 4.69) is 10.3 Å². The van der Waals surface area contributed by atoms with Crippen LogP contribution in [-0.4, -0.2) is 12.0 Å². The van der Waals surface area contributed by atoms with Crippen molar-refractivity contribution in [3.8, 4) is 11.3 Å². The molecule has 2 rings (SSSR count). The number of aromatic nitrogens is 1. The van der Waals surface area contributed by atoms with E-state index in [0.29, 0.717) is 23.2 Å². The number of benzene rings is 1. The van der Waals surface area contributed by atoms with Gasteiger partial charge in [0.1, 0.15) is 0 Å². The summed E-state index contributed by atoms with van der Waals surface area (Å²) in [5, 5.41) is 3.65. The van der Waals surface area contributed by atoms with Crippen molar-refractivity contribution in [2.24, 2.45) is 0 Å². The Bertz CT molecular complexity index is 453. The Balaban J connectivity index is 2.33. The Morgan fingerprint density at radius 3 is 2.93 bits per heavy atom. The molecular formula is C11H11ClN2O. The van der Waals surface area contributed by atoms with Crippen LogP contribution in [0.25, 0.3) is 11.3 Å². The molecule has 2 aromatic rings. The highest BCUT2D eigenvalue weighted by molar-refractivity contribution is 6.33. The summed E-state index contributed by atoms with van der Waals surface area (Å²) in [7, 11) is 1.85. The van der Waals surface area contributed by atoms with Crippen molar-refractivity contribution in [3.05, 3.63) is 41.4 Å². The van der Waals surface area contributed by atoms with Crippen LogP contribution in [0.2, 0.25) is 5.02 Å². The maximum atomic E-state index is 6.04. The summed E-state index contributed by atoms with van der Waals surface area (Å²) < 4.78 is 5.53. The fourth-order valence-corrected chi connectivity index (χ4v) is 1.56. The first-order chi connectivity index (χ1) is 7.31. The molecule has 0 spiro atoms. The fraction of sp³-hybridized carbons (Fsp3) is 0.182. The molecule has 0 unspecified atom stereocenters. The minimum atomic E-state index is 0.616. The van der Waals surface area contributed by atoms with Crippen LogP contribution in [0.3, 0.4) is 0 Å². The van der Waals surface area contributed by atoms with Crippen molar-refractivity contribution in [2.75, 3.05) is 7.05 Å². The lowest BCUT2D eigenvalue weighted by atomic mass is 10.2. The molecule has 0 saturated heterocycles. The Morgan fingerprint density at radius 2 is 2.20 bits per heavy atom. The number of hydrogen-bond donors (Lipinski definition) is 1. The molecule has 15 heavy (non-hydrogen) atoms. The zero-order chi connectivity index (χ0) is 10.7. The van der Waals surface area contributed by atoms with Crippen LogP contribution in [0.1, 0.15) is 5.89 Å². The van der Waals surface area contributed by atoms with E-state index in [1.807, 2.05) is 31.3 Å². The lowest BCUT2D eigenvalue weighted by Gasteiger charge is -1.98. The van der Waals surface area contributed by atoms with E-state index in [0.717, 1.165) is 5.56 Å². The van der Waals surface area contributed by atoms with E-state index in [4.69, 9.17) is 16.0 Å². The average Bonchev–Trinajstić information content (AvgIpc) is 2.68. The molecule has 0 saturated carbocycles. The van der Waals surface area contributed by atoms with Crippen molar-refractivity contribution >= 4 is 11.6 Å². The van der Waals surface area contributed by atoms with Gasteiger partial charge in [-0.25, -0.2) is 4.98 Å². The minimum absolute atomic E-state index is 0.616. The van der Waals surface area contributed by atoms with Crippen molar-refractivity contribution in [3.63, 3.8) is 0 Å². The third kappa shape index (κ3) is 2.19. The highest BCUT2D eigenvalue weighted by Crippen LogP contribution is 2.27. The van der Waals surface area contributed by atoms with Crippen LogP contribution in [0.4, 0.5) is 0 Å². The molecule has 4 heteroatoms. The number of hydrogen-bond acceptors (Lipinski definition) is 3. The van der Waals surface area contributed by atoms with Crippen molar-refractivity contribution < 1.29 is 4.42 Å². The highest BCUT2D eigenvalue weighted by atomic mass is 35.5. The summed E-state index contributed by atoms with van der Waals surface area (Å²) in [5.74, 6) is 1.36. The zero-order valence-electron chi connectivity index (χ0n) is 8.33. The molecule has 0 radical (unpaired) electrons. The zero-order valence-corrected chi connectivity index (χ0v) is 9.08. The van der Waals surface area contributed by atoms with Gasteiger partial charge in [0, 0.05) is 5.56 Å². The smallest absolute Gasteiger partial charge is 0.208 e. The molecule has 78 valence electrons. The SMILES string of the molecule is CNCc1ncc(-c2ccccc2Cl)o1. The third-order valence-corrected chi connectivity index (χ3v) is 2.35. The molecule has 0 bridgehead atoms. The van der Waals surface area contributed by atoms with E-state index in [1.165, 1.54) is 0 Å². The molecule has 1 heterocycles. The van der Waals surface area contributed by atoms with Crippen molar-refractivity contribution in [1.82, 2.24) is 10.3 Å². The number of halogens is 1. The molecule has 1 N–H and O–H groups in total.